The second-order valence-corrected chi connectivity index (χ2v) is 6.38. The Labute approximate surface area is 132 Å². The number of allylic oxidation sites excluding steroid dienone is 4. The van der Waals surface area contributed by atoms with E-state index in [9.17, 15) is 26.3 Å². The second-order valence-electron chi connectivity index (χ2n) is 4.41. The zero-order chi connectivity index (χ0) is 16.4. The van der Waals surface area contributed by atoms with Crippen LogP contribution in [0, 0.1) is 0 Å². The molecule has 0 saturated carbocycles. The van der Waals surface area contributed by atoms with E-state index >= 15 is 0 Å². The number of halogens is 7. The average Bonchev–Trinajstić information content (AvgIpc) is 2.66. The van der Waals surface area contributed by atoms with Crippen LogP contribution in [0.25, 0.3) is 0 Å². The zero-order valence-corrected chi connectivity index (χ0v) is 13.0. The lowest BCUT2D eigenvalue weighted by Gasteiger charge is -2.38. The second kappa shape index (κ2) is 6.04. The third-order valence-corrected chi connectivity index (χ3v) is 4.62. The van der Waals surface area contributed by atoms with Gasteiger partial charge >= 0.3 is 12.4 Å². The number of hydrogen-bond donors (Lipinski definition) is 0. The highest BCUT2D eigenvalue weighted by Crippen LogP contribution is 2.56. The molecule has 7 heteroatoms. The fraction of sp³-hybridized carbons (Fsp3) is 0.200. The summed E-state index contributed by atoms with van der Waals surface area (Å²) in [5, 5.41) is 0. The van der Waals surface area contributed by atoms with E-state index in [0.717, 1.165) is 42.5 Å². The Hall–Kier alpha value is -1.34. The van der Waals surface area contributed by atoms with E-state index < -0.39 is 49.6 Å². The van der Waals surface area contributed by atoms with Crippen molar-refractivity contribution in [2.45, 2.75) is 17.8 Å². The van der Waals surface area contributed by atoms with Crippen molar-refractivity contribution in [2.24, 2.45) is 0 Å². The van der Waals surface area contributed by atoms with Gasteiger partial charge in [0, 0.05) is 0 Å². The van der Waals surface area contributed by atoms with Crippen molar-refractivity contribution in [3.05, 3.63) is 63.8 Å². The Morgan fingerprint density at radius 2 is 1.45 bits per heavy atom. The summed E-state index contributed by atoms with van der Waals surface area (Å²) in [5.41, 5.74) is -5.74. The van der Waals surface area contributed by atoms with Crippen molar-refractivity contribution < 1.29 is 26.3 Å². The topological polar surface area (TPSA) is 0 Å². The van der Waals surface area contributed by atoms with Crippen molar-refractivity contribution in [2.75, 3.05) is 0 Å². The van der Waals surface area contributed by atoms with E-state index in [2.05, 4.69) is 3.67 Å². The van der Waals surface area contributed by atoms with Gasteiger partial charge in [-0.3, -0.25) is 0 Å². The van der Waals surface area contributed by atoms with Gasteiger partial charge in [-0.05, 0) is 48.1 Å². The molecule has 0 radical (unpaired) electrons. The Kier molecular flexibility index (Phi) is 4.67. The van der Waals surface area contributed by atoms with Crippen LogP contribution in [0.3, 0.4) is 0 Å². The summed E-state index contributed by atoms with van der Waals surface area (Å²) in [6, 6.07) is 5.40. The molecule has 0 nitrogen and oxygen atoms in total. The van der Waals surface area contributed by atoms with Crippen molar-refractivity contribution in [3.8, 4) is 0 Å². The minimum Gasteiger partial charge on any atom is -0.169 e. The molecule has 0 fully saturated rings. The molecule has 2 rings (SSSR count). The summed E-state index contributed by atoms with van der Waals surface area (Å²) in [6.07, 6.45) is -8.16. The van der Waals surface area contributed by atoms with E-state index in [1.807, 2.05) is 0 Å². The molecule has 1 aromatic carbocycles. The highest BCUT2D eigenvalue weighted by atomic mass is 127. The molecule has 22 heavy (non-hydrogen) atoms. The predicted octanol–water partition coefficient (Wildman–Crippen LogP) is 5.43. The van der Waals surface area contributed by atoms with Gasteiger partial charge in [-0.15, -0.1) is 0 Å². The normalized spacial score (nSPS) is 16.0. The summed E-state index contributed by atoms with van der Waals surface area (Å²) in [4.78, 5) is 0. The van der Waals surface area contributed by atoms with Gasteiger partial charge in [0.1, 0.15) is 0 Å². The van der Waals surface area contributed by atoms with Gasteiger partial charge in [-0.2, -0.15) is 26.3 Å². The molecule has 0 aromatic heterocycles. The lowest BCUT2D eigenvalue weighted by molar-refractivity contribution is -0.288. The van der Waals surface area contributed by atoms with Crippen LogP contribution in [-0.2, 0) is 5.41 Å². The maximum Gasteiger partial charge on any atom is 0.411 e. The van der Waals surface area contributed by atoms with Crippen LogP contribution in [0.2, 0.25) is 0 Å². The van der Waals surface area contributed by atoms with E-state index in [1.165, 1.54) is 10.1 Å². The van der Waals surface area contributed by atoms with Crippen LogP contribution in [0.15, 0.2) is 58.2 Å². The van der Waals surface area contributed by atoms with Crippen LogP contribution in [0.4, 0.5) is 26.3 Å². The molecule has 1 aliphatic rings. The quantitative estimate of drug-likeness (QED) is 0.434. The summed E-state index contributed by atoms with van der Waals surface area (Å²) in [5.74, 6) is 0. The van der Waals surface area contributed by atoms with Crippen LogP contribution in [0.1, 0.15) is 5.56 Å². The van der Waals surface area contributed by atoms with Gasteiger partial charge in [-0.25, -0.2) is 0 Å². The maximum absolute atomic E-state index is 13.7. The first kappa shape index (κ1) is 17.0. The Balaban J connectivity index is 2.84. The third-order valence-electron chi connectivity index (χ3n) is 3.18. The summed E-state index contributed by atoms with van der Waals surface area (Å²) >= 11 is -0.805. The molecule has 1 aliphatic heterocycles. The monoisotopic (exact) mass is 430 g/mol. The molecule has 0 N–H and O–H groups in total. The first-order valence-corrected chi connectivity index (χ1v) is 8.31. The largest absolute Gasteiger partial charge is 0.411 e. The summed E-state index contributed by atoms with van der Waals surface area (Å²) in [7, 11) is 0. The van der Waals surface area contributed by atoms with Crippen LogP contribution < -0.4 is 0 Å². The van der Waals surface area contributed by atoms with Crippen molar-refractivity contribution in [1.29, 1.82) is 0 Å². The van der Waals surface area contributed by atoms with E-state index in [1.54, 1.807) is 0 Å². The molecular weight excluding hydrogens is 421 g/mol. The van der Waals surface area contributed by atoms with Gasteiger partial charge in [0.2, 0.25) is 5.41 Å². The Morgan fingerprint density at radius 1 is 0.864 bits per heavy atom. The van der Waals surface area contributed by atoms with Crippen LogP contribution >= 0.6 is 20.7 Å². The molecule has 0 bridgehead atoms. The van der Waals surface area contributed by atoms with E-state index in [0.29, 0.717) is 0 Å². The van der Waals surface area contributed by atoms with E-state index in [4.69, 9.17) is 0 Å². The minimum absolute atomic E-state index is 0.805. The molecule has 0 saturated heterocycles. The van der Waals surface area contributed by atoms with Gasteiger partial charge in [0.25, 0.3) is 0 Å². The predicted molar refractivity (Wildman–Crippen MR) is 81.1 cm³/mol. The van der Waals surface area contributed by atoms with Gasteiger partial charge in [-0.1, -0.05) is 40.1 Å². The highest BCUT2D eigenvalue weighted by Gasteiger charge is 2.72. The van der Waals surface area contributed by atoms with Gasteiger partial charge < -0.3 is 0 Å². The SMILES string of the molecule is FC(F)(F)C(C1=CC=C=IC=C1)(c1ccccc1)C(F)(F)F. The smallest absolute Gasteiger partial charge is 0.169 e. The molecule has 0 aliphatic carbocycles. The fourth-order valence-electron chi connectivity index (χ4n) is 2.27. The molecule has 0 unspecified atom stereocenters. The first-order chi connectivity index (χ1) is 10.2. The summed E-state index contributed by atoms with van der Waals surface area (Å²) < 4.78 is 86.0. The number of benzene rings is 1. The molecule has 0 amide bonds. The Morgan fingerprint density at radius 3 is 2.00 bits per heavy atom. The van der Waals surface area contributed by atoms with Gasteiger partial charge in [0.15, 0.2) is 0 Å². The average molecular weight is 430 g/mol. The molecule has 0 atom stereocenters. The van der Waals surface area contributed by atoms with Crippen molar-refractivity contribution >= 4 is 24.4 Å². The molecule has 1 aromatic rings. The minimum atomic E-state index is -5.53. The maximum atomic E-state index is 13.7. The summed E-state index contributed by atoms with van der Waals surface area (Å²) in [6.45, 7) is 0. The highest BCUT2D eigenvalue weighted by molar-refractivity contribution is 14.2. The molecular formula is C15H9F6I. The third kappa shape index (κ3) is 2.79. The number of rotatable bonds is 2. The van der Waals surface area contributed by atoms with Crippen LogP contribution in [-0.4, -0.2) is 16.0 Å². The number of hydrogen-bond acceptors (Lipinski definition) is 0. The lowest BCUT2D eigenvalue weighted by atomic mass is 9.72. The standard InChI is InChI=1S/C15H9F6I/c16-14(17,18)13(15(19,20)21,11-5-2-1-3-6-11)12-7-4-9-22-10-8-12/h1-8,10H. The molecule has 118 valence electrons. The zero-order valence-electron chi connectivity index (χ0n) is 10.8. The molecule has 0 spiro atoms. The first-order valence-electron chi connectivity index (χ1n) is 5.98. The van der Waals surface area contributed by atoms with E-state index in [-0.39, 0.29) is 0 Å². The van der Waals surface area contributed by atoms with Crippen molar-refractivity contribution in [1.82, 2.24) is 0 Å². The number of alkyl halides is 6. The van der Waals surface area contributed by atoms with Crippen LogP contribution in [0.5, 0.6) is 0 Å². The van der Waals surface area contributed by atoms with Crippen molar-refractivity contribution in [3.63, 3.8) is 0 Å². The Bertz CT molecular complexity index is 644. The fourth-order valence-corrected chi connectivity index (χ4v) is 3.43. The van der Waals surface area contributed by atoms with Gasteiger partial charge in [0.05, 0.1) is 0 Å². The molecule has 1 heterocycles. The lowest BCUT2D eigenvalue weighted by Crippen LogP contribution is -2.55.